The van der Waals surface area contributed by atoms with Crippen LogP contribution in [0.25, 0.3) is 0 Å². The predicted molar refractivity (Wildman–Crippen MR) is 148 cm³/mol. The van der Waals surface area contributed by atoms with Gasteiger partial charge >= 0.3 is 0 Å². The van der Waals surface area contributed by atoms with E-state index in [1.807, 2.05) is 55.5 Å². The molecule has 0 bridgehead atoms. The van der Waals surface area contributed by atoms with E-state index in [0.29, 0.717) is 13.1 Å². The number of amides is 2. The van der Waals surface area contributed by atoms with Gasteiger partial charge in [-0.1, -0.05) is 37.3 Å². The van der Waals surface area contributed by atoms with E-state index in [2.05, 4.69) is 22.6 Å². The van der Waals surface area contributed by atoms with Crippen molar-refractivity contribution < 1.29 is 23.8 Å². The highest BCUT2D eigenvalue weighted by atomic mass is 127. The molecule has 2 saturated heterocycles. The summed E-state index contributed by atoms with van der Waals surface area (Å²) < 4.78 is 23.6. The average Bonchev–Trinajstić information content (AvgIpc) is 3.51. The van der Waals surface area contributed by atoms with Gasteiger partial charge in [0, 0.05) is 27.5 Å². The van der Waals surface area contributed by atoms with Gasteiger partial charge in [0.05, 0.1) is 37.4 Å². The molecule has 0 aliphatic carbocycles. The number of aliphatic hydroxyl groups is 1. The number of hydrogen-bond donors (Lipinski definition) is 1. The Hall–Kier alpha value is -2.04. The summed E-state index contributed by atoms with van der Waals surface area (Å²) in [4.78, 5) is 31.0. The quantitative estimate of drug-likeness (QED) is 0.472. The first-order chi connectivity index (χ1) is 17.6. The first kappa shape index (κ1) is 26.6. The summed E-state index contributed by atoms with van der Waals surface area (Å²) in [6.07, 6.45) is 0.802. The van der Waals surface area contributed by atoms with Gasteiger partial charge < -0.3 is 19.6 Å². The topological polar surface area (TPSA) is 70.1 Å². The maximum Gasteiger partial charge on any atom is 0.264 e. The second-order valence-corrected chi connectivity index (χ2v) is 12.3. The molecule has 0 radical (unpaired) electrons. The molecule has 2 aromatic carbocycles. The van der Waals surface area contributed by atoms with E-state index >= 15 is 4.39 Å². The fourth-order valence-corrected chi connectivity index (χ4v) is 7.13. The highest BCUT2D eigenvalue weighted by molar-refractivity contribution is 14.1. The first-order valence-electron chi connectivity index (χ1n) is 13.0. The van der Waals surface area contributed by atoms with Crippen LogP contribution in [0.3, 0.4) is 0 Å². The van der Waals surface area contributed by atoms with Crippen LogP contribution in [0, 0.1) is 15.4 Å². The summed E-state index contributed by atoms with van der Waals surface area (Å²) in [5, 5.41) is 9.71. The Balaban J connectivity index is 1.51. The molecule has 37 heavy (non-hydrogen) atoms. The number of rotatable bonds is 6. The molecule has 8 heteroatoms. The molecule has 6 nitrogen and oxygen atoms in total. The van der Waals surface area contributed by atoms with Crippen LogP contribution in [0.15, 0.2) is 48.5 Å². The lowest BCUT2D eigenvalue weighted by Crippen LogP contribution is -2.45. The smallest absolute Gasteiger partial charge is 0.264 e. The fourth-order valence-electron chi connectivity index (χ4n) is 6.77. The van der Waals surface area contributed by atoms with Crippen molar-refractivity contribution in [2.24, 2.45) is 11.8 Å². The third-order valence-corrected chi connectivity index (χ3v) is 9.13. The number of carbonyl (C=O) groups excluding carboxylic acids is 2. The van der Waals surface area contributed by atoms with E-state index in [-0.39, 0.29) is 30.9 Å². The van der Waals surface area contributed by atoms with Gasteiger partial charge in [0.1, 0.15) is 5.67 Å². The summed E-state index contributed by atoms with van der Waals surface area (Å²) >= 11 is 2.25. The number of likely N-dealkylation sites (tertiary alicyclic amines) is 1. The molecule has 0 unspecified atom stereocenters. The van der Waals surface area contributed by atoms with Crippen molar-refractivity contribution in [3.05, 3.63) is 63.2 Å². The third-order valence-electron chi connectivity index (χ3n) is 8.41. The number of fused-ring (bicyclic) bond motifs is 2. The van der Waals surface area contributed by atoms with Crippen LogP contribution in [0.4, 0.5) is 10.1 Å². The maximum absolute atomic E-state index is 15.8. The van der Waals surface area contributed by atoms with Crippen molar-refractivity contribution in [3.63, 3.8) is 0 Å². The number of halogens is 2. The van der Waals surface area contributed by atoms with Gasteiger partial charge in [0.25, 0.3) is 5.91 Å². The number of para-hydroxylation sites is 1. The molecule has 2 aromatic rings. The SMILES string of the molecule is C[C@@H]1[C@@H](C(C)(C)F)[C@H](CC(=O)N2CCC[C@H]2CO)O[C@@]12C(=O)N(Cc1ccc(I)cc1)c1ccccc12. The van der Waals surface area contributed by atoms with Crippen LogP contribution in [-0.4, -0.2) is 52.8 Å². The summed E-state index contributed by atoms with van der Waals surface area (Å²) in [5.41, 5.74) is -0.546. The molecule has 0 aromatic heterocycles. The summed E-state index contributed by atoms with van der Waals surface area (Å²) in [6, 6.07) is 15.4. The number of carbonyl (C=O) groups is 2. The molecule has 2 fully saturated rings. The van der Waals surface area contributed by atoms with Crippen LogP contribution in [0.1, 0.15) is 51.2 Å². The van der Waals surface area contributed by atoms with Gasteiger partial charge in [-0.25, -0.2) is 4.39 Å². The number of benzene rings is 2. The largest absolute Gasteiger partial charge is 0.394 e. The van der Waals surface area contributed by atoms with Gasteiger partial charge in [0.2, 0.25) is 5.91 Å². The molecule has 5 atom stereocenters. The van der Waals surface area contributed by atoms with E-state index < -0.39 is 29.2 Å². The van der Waals surface area contributed by atoms with Crippen molar-refractivity contribution in [2.75, 3.05) is 18.1 Å². The van der Waals surface area contributed by atoms with Gasteiger partial charge in [0.15, 0.2) is 5.60 Å². The zero-order chi connectivity index (χ0) is 26.5. The maximum atomic E-state index is 15.8. The fraction of sp³-hybridized carbons (Fsp3) is 0.517. The van der Waals surface area contributed by atoms with Crippen LogP contribution >= 0.6 is 22.6 Å². The molecule has 1 spiro atoms. The number of hydrogen-bond acceptors (Lipinski definition) is 4. The molecule has 198 valence electrons. The molecule has 3 aliphatic heterocycles. The lowest BCUT2D eigenvalue weighted by molar-refractivity contribution is -0.150. The number of aliphatic hydroxyl groups excluding tert-OH is 1. The Labute approximate surface area is 231 Å². The normalized spacial score (nSPS) is 29.4. The Kier molecular flexibility index (Phi) is 7.13. The Morgan fingerprint density at radius 1 is 1.22 bits per heavy atom. The number of ether oxygens (including phenoxy) is 1. The van der Waals surface area contributed by atoms with Crippen molar-refractivity contribution in [1.82, 2.24) is 4.90 Å². The lowest BCUT2D eigenvalue weighted by Gasteiger charge is -2.32. The van der Waals surface area contributed by atoms with E-state index in [1.165, 1.54) is 13.8 Å². The molecular formula is C29H34FIN2O4. The van der Waals surface area contributed by atoms with Crippen molar-refractivity contribution >= 4 is 40.1 Å². The Bertz CT molecular complexity index is 1180. The Morgan fingerprint density at radius 3 is 2.59 bits per heavy atom. The third kappa shape index (κ3) is 4.48. The average molecular weight is 621 g/mol. The minimum absolute atomic E-state index is 0.0207. The molecule has 2 amide bonds. The minimum atomic E-state index is -1.67. The monoisotopic (exact) mass is 620 g/mol. The van der Waals surface area contributed by atoms with Crippen molar-refractivity contribution in [2.45, 2.75) is 70.0 Å². The minimum Gasteiger partial charge on any atom is -0.394 e. The van der Waals surface area contributed by atoms with Crippen LogP contribution in [-0.2, 0) is 26.5 Å². The second kappa shape index (κ2) is 9.93. The van der Waals surface area contributed by atoms with E-state index in [0.717, 1.165) is 33.2 Å². The Morgan fingerprint density at radius 2 is 1.92 bits per heavy atom. The molecule has 1 N–H and O–H groups in total. The molecular weight excluding hydrogens is 586 g/mol. The van der Waals surface area contributed by atoms with Gasteiger partial charge in [-0.3, -0.25) is 9.59 Å². The van der Waals surface area contributed by atoms with Crippen molar-refractivity contribution in [3.8, 4) is 0 Å². The second-order valence-electron chi connectivity index (χ2n) is 11.1. The number of alkyl halides is 1. The lowest BCUT2D eigenvalue weighted by atomic mass is 9.71. The highest BCUT2D eigenvalue weighted by Crippen LogP contribution is 2.58. The van der Waals surface area contributed by atoms with E-state index in [1.54, 1.807) is 9.80 Å². The summed E-state index contributed by atoms with van der Waals surface area (Å²) in [5.74, 6) is -1.53. The standard InChI is InChI=1S/C29H34FIN2O4/c1-18-26(28(2,3)30)24(15-25(35)32-14-6-7-21(32)17-34)37-29(18)22-8-4-5-9-23(22)33(27(29)36)16-19-10-12-20(31)13-11-19/h4-5,8-13,18,21,24,26,34H,6-7,14-17H2,1-3H3/t18-,21+,24+,26-,29+/m1/s1. The zero-order valence-corrected chi connectivity index (χ0v) is 23.7. The van der Waals surface area contributed by atoms with Crippen LogP contribution in [0.2, 0.25) is 0 Å². The number of anilines is 1. The zero-order valence-electron chi connectivity index (χ0n) is 21.5. The molecule has 3 aliphatic rings. The van der Waals surface area contributed by atoms with E-state index in [9.17, 15) is 14.7 Å². The van der Waals surface area contributed by atoms with Gasteiger partial charge in [-0.2, -0.15) is 0 Å². The first-order valence-corrected chi connectivity index (χ1v) is 14.1. The molecule has 0 saturated carbocycles. The summed E-state index contributed by atoms with van der Waals surface area (Å²) in [7, 11) is 0. The van der Waals surface area contributed by atoms with Gasteiger partial charge in [-0.05, 0) is 73.0 Å². The predicted octanol–water partition coefficient (Wildman–Crippen LogP) is 4.81. The van der Waals surface area contributed by atoms with Crippen molar-refractivity contribution in [1.29, 1.82) is 0 Å². The van der Waals surface area contributed by atoms with Gasteiger partial charge in [-0.15, -0.1) is 0 Å². The number of nitrogens with zero attached hydrogens (tertiary/aromatic N) is 2. The summed E-state index contributed by atoms with van der Waals surface area (Å²) in [6.45, 7) is 5.77. The highest BCUT2D eigenvalue weighted by Gasteiger charge is 2.66. The molecule has 3 heterocycles. The van der Waals surface area contributed by atoms with Crippen LogP contribution < -0.4 is 4.90 Å². The molecule has 5 rings (SSSR count). The van der Waals surface area contributed by atoms with E-state index in [4.69, 9.17) is 4.74 Å². The van der Waals surface area contributed by atoms with Crippen LogP contribution in [0.5, 0.6) is 0 Å².